The van der Waals surface area contributed by atoms with Gasteiger partial charge in [-0.15, -0.1) is 0 Å². The first kappa shape index (κ1) is 27.8. The lowest BCUT2D eigenvalue weighted by Gasteiger charge is -2.31. The fourth-order valence-corrected chi connectivity index (χ4v) is 4.48. The van der Waals surface area contributed by atoms with Gasteiger partial charge in [0.05, 0.1) is 12.1 Å². The number of hydrogen-bond acceptors (Lipinski definition) is 5. The number of ether oxygens (including phenoxy) is 1. The van der Waals surface area contributed by atoms with E-state index < -0.39 is 28.4 Å². The minimum Gasteiger partial charge on any atom is -0.445 e. The molecule has 0 bridgehead atoms. The highest BCUT2D eigenvalue weighted by molar-refractivity contribution is 7.86. The molecule has 0 aliphatic rings. The average Bonchev–Trinajstić information content (AvgIpc) is 2.80. The first-order valence-corrected chi connectivity index (χ1v) is 12.9. The molecular formula is C25H37N3O5S. The predicted octanol–water partition coefficient (Wildman–Crippen LogP) is 3.04. The summed E-state index contributed by atoms with van der Waals surface area (Å²) in [5.41, 5.74) is 1.74. The molecule has 0 fully saturated rings. The second kappa shape index (κ2) is 13.4. The maximum atomic E-state index is 12.9. The van der Waals surface area contributed by atoms with Gasteiger partial charge in [0.2, 0.25) is 0 Å². The van der Waals surface area contributed by atoms with E-state index in [-0.39, 0.29) is 19.7 Å². The third kappa shape index (κ3) is 9.06. The predicted molar refractivity (Wildman–Crippen MR) is 133 cm³/mol. The molecule has 9 heteroatoms. The van der Waals surface area contributed by atoms with Gasteiger partial charge in [-0.25, -0.2) is 4.79 Å². The molecule has 2 rings (SSSR count). The summed E-state index contributed by atoms with van der Waals surface area (Å²) in [4.78, 5) is 12.5. The zero-order chi connectivity index (χ0) is 25.1. The van der Waals surface area contributed by atoms with Gasteiger partial charge < -0.3 is 15.2 Å². The van der Waals surface area contributed by atoms with Crippen LogP contribution in [0.1, 0.15) is 31.4 Å². The Hall–Kier alpha value is -2.46. The summed E-state index contributed by atoms with van der Waals surface area (Å²) in [5, 5.41) is 13.8. The number of carbonyl (C=O) groups is 1. The Balaban J connectivity index is 2.15. The summed E-state index contributed by atoms with van der Waals surface area (Å²) >= 11 is 0. The molecule has 0 aliphatic carbocycles. The van der Waals surface area contributed by atoms with E-state index in [9.17, 15) is 18.3 Å². The van der Waals surface area contributed by atoms with Crippen LogP contribution < -0.4 is 5.32 Å². The number of rotatable bonds is 13. The molecule has 1 amide bonds. The molecule has 0 unspecified atom stereocenters. The summed E-state index contributed by atoms with van der Waals surface area (Å²) in [6, 6.07) is 18.0. The molecule has 2 aromatic rings. The van der Waals surface area contributed by atoms with Crippen LogP contribution in [0.2, 0.25) is 0 Å². The number of aliphatic hydroxyl groups excluding tert-OH is 1. The monoisotopic (exact) mass is 491 g/mol. The van der Waals surface area contributed by atoms with Crippen molar-refractivity contribution in [1.29, 1.82) is 0 Å². The van der Waals surface area contributed by atoms with Crippen LogP contribution in [-0.4, -0.2) is 67.6 Å². The highest BCUT2D eigenvalue weighted by atomic mass is 32.2. The molecule has 0 heterocycles. The fraction of sp³-hybridized carbons (Fsp3) is 0.480. The Kier molecular flexibility index (Phi) is 11.0. The second-order valence-corrected chi connectivity index (χ2v) is 11.0. The van der Waals surface area contributed by atoms with Crippen LogP contribution in [0.25, 0.3) is 0 Å². The number of nitrogens with zero attached hydrogens (tertiary/aromatic N) is 2. The molecule has 2 atom stereocenters. The molecule has 8 nitrogen and oxygen atoms in total. The standard InChI is InChI=1S/C25H37N3O5S/c1-20(2)15-16-28(34(31,32)27(3)4)18-24(29)23(17-21-11-7-5-8-12-21)26-25(30)33-19-22-13-9-6-10-14-22/h5-14,20,23-24,29H,15-19H2,1-4H3,(H,26,30)/t23-,24+/m0/s1. The molecular weight excluding hydrogens is 454 g/mol. The molecule has 34 heavy (non-hydrogen) atoms. The Morgan fingerprint density at radius 2 is 1.56 bits per heavy atom. The van der Waals surface area contributed by atoms with Crippen molar-refractivity contribution < 1.29 is 23.1 Å². The number of aliphatic hydroxyl groups is 1. The van der Waals surface area contributed by atoms with Gasteiger partial charge in [-0.2, -0.15) is 17.0 Å². The quantitative estimate of drug-likeness (QED) is 0.449. The molecule has 188 valence electrons. The van der Waals surface area contributed by atoms with Crippen LogP contribution >= 0.6 is 0 Å². The van der Waals surface area contributed by atoms with Gasteiger partial charge in [0.15, 0.2) is 0 Å². The molecule has 0 saturated heterocycles. The Bertz CT molecular complexity index is 969. The third-order valence-corrected chi connectivity index (χ3v) is 7.32. The zero-order valence-electron chi connectivity index (χ0n) is 20.4. The van der Waals surface area contributed by atoms with Gasteiger partial charge >= 0.3 is 6.09 Å². The van der Waals surface area contributed by atoms with Crippen molar-refractivity contribution in [2.45, 2.75) is 45.4 Å². The van der Waals surface area contributed by atoms with E-state index in [2.05, 4.69) is 5.32 Å². The van der Waals surface area contributed by atoms with Gasteiger partial charge in [0, 0.05) is 27.2 Å². The highest BCUT2D eigenvalue weighted by Crippen LogP contribution is 2.14. The average molecular weight is 492 g/mol. The van der Waals surface area contributed by atoms with E-state index in [1.807, 2.05) is 74.5 Å². The Morgan fingerprint density at radius 3 is 2.09 bits per heavy atom. The van der Waals surface area contributed by atoms with Crippen molar-refractivity contribution in [2.75, 3.05) is 27.2 Å². The lowest BCUT2D eigenvalue weighted by molar-refractivity contribution is 0.0874. The smallest absolute Gasteiger partial charge is 0.407 e. The summed E-state index contributed by atoms with van der Waals surface area (Å²) in [5.74, 6) is 0.295. The molecule has 0 saturated carbocycles. The number of alkyl carbamates (subject to hydrolysis) is 1. The first-order chi connectivity index (χ1) is 16.1. The topological polar surface area (TPSA) is 99.2 Å². The minimum absolute atomic E-state index is 0.0936. The summed E-state index contributed by atoms with van der Waals surface area (Å²) in [7, 11) is -0.822. The summed E-state index contributed by atoms with van der Waals surface area (Å²) in [6.07, 6.45) is -0.850. The van der Waals surface area contributed by atoms with Crippen LogP contribution in [0.5, 0.6) is 0 Å². The lowest BCUT2D eigenvalue weighted by Crippen LogP contribution is -2.52. The highest BCUT2D eigenvalue weighted by Gasteiger charge is 2.31. The van der Waals surface area contributed by atoms with Crippen LogP contribution in [0.3, 0.4) is 0 Å². The number of carbonyl (C=O) groups excluding carboxylic acids is 1. The zero-order valence-corrected chi connectivity index (χ0v) is 21.2. The van der Waals surface area contributed by atoms with E-state index in [0.717, 1.165) is 15.4 Å². The second-order valence-electron chi connectivity index (χ2n) is 8.90. The molecule has 0 spiro atoms. The molecule has 0 radical (unpaired) electrons. The molecule has 2 N–H and O–H groups in total. The van der Waals surface area contributed by atoms with Gasteiger partial charge in [0.25, 0.3) is 10.2 Å². The summed E-state index contributed by atoms with van der Waals surface area (Å²) < 4.78 is 33.5. The first-order valence-electron chi connectivity index (χ1n) is 11.5. The van der Waals surface area contributed by atoms with Gasteiger partial charge in [-0.05, 0) is 29.9 Å². The van der Waals surface area contributed by atoms with E-state index in [1.54, 1.807) is 0 Å². The van der Waals surface area contributed by atoms with Crippen molar-refractivity contribution in [2.24, 2.45) is 5.92 Å². The Labute approximate surface area is 203 Å². The van der Waals surface area contributed by atoms with Gasteiger partial charge in [0.1, 0.15) is 6.61 Å². The van der Waals surface area contributed by atoms with Gasteiger partial charge in [-0.1, -0.05) is 74.5 Å². The number of amides is 1. The van der Waals surface area contributed by atoms with Crippen LogP contribution in [0.4, 0.5) is 4.79 Å². The maximum Gasteiger partial charge on any atom is 0.407 e. The van der Waals surface area contributed by atoms with Crippen molar-refractivity contribution in [3.8, 4) is 0 Å². The molecule has 2 aromatic carbocycles. The van der Waals surface area contributed by atoms with E-state index in [1.165, 1.54) is 18.4 Å². The number of benzene rings is 2. The van der Waals surface area contributed by atoms with E-state index in [0.29, 0.717) is 18.8 Å². The summed E-state index contributed by atoms with van der Waals surface area (Å²) in [6.45, 7) is 4.24. The minimum atomic E-state index is -3.75. The SMILES string of the molecule is CC(C)CCN(C[C@@H](O)[C@H](Cc1ccccc1)NC(=O)OCc1ccccc1)S(=O)(=O)N(C)C. The maximum absolute atomic E-state index is 12.9. The van der Waals surface area contributed by atoms with Crippen molar-refractivity contribution >= 4 is 16.3 Å². The lowest BCUT2D eigenvalue weighted by atomic mass is 10.0. The van der Waals surface area contributed by atoms with Crippen LogP contribution in [-0.2, 0) is 28.0 Å². The van der Waals surface area contributed by atoms with Crippen molar-refractivity contribution in [3.05, 3.63) is 71.8 Å². The van der Waals surface area contributed by atoms with Crippen molar-refractivity contribution in [3.63, 3.8) is 0 Å². The van der Waals surface area contributed by atoms with Crippen LogP contribution in [0.15, 0.2) is 60.7 Å². The normalized spacial score (nSPS) is 13.8. The number of nitrogens with one attached hydrogen (secondary N) is 1. The molecule has 0 aromatic heterocycles. The van der Waals surface area contributed by atoms with Crippen LogP contribution in [0, 0.1) is 5.92 Å². The van der Waals surface area contributed by atoms with E-state index in [4.69, 9.17) is 4.74 Å². The third-order valence-electron chi connectivity index (χ3n) is 5.41. The largest absolute Gasteiger partial charge is 0.445 e. The van der Waals surface area contributed by atoms with Crippen molar-refractivity contribution in [1.82, 2.24) is 13.9 Å². The molecule has 0 aliphatic heterocycles. The van der Waals surface area contributed by atoms with E-state index >= 15 is 0 Å². The Morgan fingerprint density at radius 1 is 1.00 bits per heavy atom. The fourth-order valence-electron chi connectivity index (χ4n) is 3.34. The number of hydrogen-bond donors (Lipinski definition) is 2. The van der Waals surface area contributed by atoms with Gasteiger partial charge in [-0.3, -0.25) is 0 Å².